The Morgan fingerprint density at radius 2 is 1.66 bits per heavy atom. The molecule has 2 rings (SSSR count). The number of ether oxygens (including phenoxy) is 1. The molecule has 0 amide bonds. The summed E-state index contributed by atoms with van der Waals surface area (Å²) in [6, 6.07) is 11.8. The number of hydrogen-bond acceptors (Lipinski definition) is 4. The molecule has 29 heavy (non-hydrogen) atoms. The topological polar surface area (TPSA) is 47.9 Å². The molecule has 0 radical (unpaired) electrons. The average Bonchev–Trinajstić information content (AvgIpc) is 2.66. The molecule has 4 nitrogen and oxygen atoms in total. The Bertz CT molecular complexity index is 826. The van der Waals surface area contributed by atoms with Gasteiger partial charge in [0, 0.05) is 6.42 Å². The SMILES string of the molecule is CC(=NOCc1ccc(C(F)(F)F)cc1)c1ccc(OCC(=O)CC(C)C)cc1. The molecule has 2 aromatic rings. The van der Waals surface area contributed by atoms with E-state index in [2.05, 4.69) is 5.16 Å². The summed E-state index contributed by atoms with van der Waals surface area (Å²) in [5, 5.41) is 4.00. The molecular formula is C22H24F3NO3. The van der Waals surface area contributed by atoms with E-state index in [-0.39, 0.29) is 19.0 Å². The van der Waals surface area contributed by atoms with Crippen LogP contribution in [0.1, 0.15) is 43.9 Å². The maximum Gasteiger partial charge on any atom is 0.416 e. The molecule has 0 bridgehead atoms. The Morgan fingerprint density at radius 1 is 1.03 bits per heavy atom. The Morgan fingerprint density at radius 3 is 2.21 bits per heavy atom. The molecule has 7 heteroatoms. The van der Waals surface area contributed by atoms with Crippen molar-refractivity contribution in [3.63, 3.8) is 0 Å². The highest BCUT2D eigenvalue weighted by Gasteiger charge is 2.29. The molecule has 156 valence electrons. The van der Waals surface area contributed by atoms with Crippen LogP contribution in [0.2, 0.25) is 0 Å². The fourth-order valence-electron chi connectivity index (χ4n) is 2.52. The van der Waals surface area contributed by atoms with Gasteiger partial charge in [0.05, 0.1) is 11.3 Å². The molecule has 0 aliphatic heterocycles. The molecule has 0 heterocycles. The van der Waals surface area contributed by atoms with Gasteiger partial charge in [0.15, 0.2) is 5.78 Å². The van der Waals surface area contributed by atoms with Crippen molar-refractivity contribution < 1.29 is 27.5 Å². The third kappa shape index (κ3) is 7.60. The predicted molar refractivity (Wildman–Crippen MR) is 105 cm³/mol. The number of nitrogens with zero attached hydrogens (tertiary/aromatic N) is 1. The van der Waals surface area contributed by atoms with Gasteiger partial charge in [0.2, 0.25) is 0 Å². The lowest BCUT2D eigenvalue weighted by Gasteiger charge is -2.08. The molecule has 2 aromatic carbocycles. The molecule has 0 N–H and O–H groups in total. The second-order valence-corrected chi connectivity index (χ2v) is 7.09. The van der Waals surface area contributed by atoms with Crippen molar-refractivity contribution in [2.75, 3.05) is 6.61 Å². The quantitative estimate of drug-likeness (QED) is 0.399. The maximum absolute atomic E-state index is 12.6. The van der Waals surface area contributed by atoms with E-state index in [1.807, 2.05) is 13.8 Å². The van der Waals surface area contributed by atoms with Crippen molar-refractivity contribution >= 4 is 11.5 Å². The van der Waals surface area contributed by atoms with Crippen molar-refractivity contribution in [1.29, 1.82) is 0 Å². The molecule has 0 aromatic heterocycles. The Labute approximate surface area is 168 Å². The van der Waals surface area contributed by atoms with Gasteiger partial charge < -0.3 is 9.57 Å². The largest absolute Gasteiger partial charge is 0.486 e. The number of carbonyl (C=O) groups excluding carboxylic acids is 1. The second-order valence-electron chi connectivity index (χ2n) is 7.09. The number of ketones is 1. The van der Waals surface area contributed by atoms with Crippen LogP contribution in [0.3, 0.4) is 0 Å². The van der Waals surface area contributed by atoms with Crippen LogP contribution in [0.25, 0.3) is 0 Å². The summed E-state index contributed by atoms with van der Waals surface area (Å²) in [6.45, 7) is 5.83. The summed E-state index contributed by atoms with van der Waals surface area (Å²) in [5.41, 5.74) is 1.30. The first-order valence-electron chi connectivity index (χ1n) is 9.23. The van der Waals surface area contributed by atoms with Crippen LogP contribution in [0.5, 0.6) is 5.75 Å². The van der Waals surface area contributed by atoms with E-state index in [9.17, 15) is 18.0 Å². The minimum Gasteiger partial charge on any atom is -0.486 e. The summed E-state index contributed by atoms with van der Waals surface area (Å²) in [4.78, 5) is 16.9. The van der Waals surface area contributed by atoms with Crippen LogP contribution in [-0.4, -0.2) is 18.1 Å². The van der Waals surface area contributed by atoms with Crippen molar-refractivity contribution in [1.82, 2.24) is 0 Å². The van der Waals surface area contributed by atoms with E-state index in [1.54, 1.807) is 31.2 Å². The monoisotopic (exact) mass is 407 g/mol. The number of carbonyl (C=O) groups is 1. The van der Waals surface area contributed by atoms with E-state index in [0.29, 0.717) is 29.4 Å². The smallest absolute Gasteiger partial charge is 0.416 e. The lowest BCUT2D eigenvalue weighted by atomic mass is 10.1. The summed E-state index contributed by atoms with van der Waals surface area (Å²) >= 11 is 0. The number of rotatable bonds is 9. The molecule has 0 unspecified atom stereocenters. The molecule has 0 atom stereocenters. The molecule has 0 saturated heterocycles. The zero-order chi connectivity index (χ0) is 21.4. The Hall–Kier alpha value is -2.83. The van der Waals surface area contributed by atoms with Crippen LogP contribution in [0.15, 0.2) is 53.7 Å². The van der Waals surface area contributed by atoms with Gasteiger partial charge in [0.25, 0.3) is 0 Å². The maximum atomic E-state index is 12.6. The highest BCUT2D eigenvalue weighted by Crippen LogP contribution is 2.29. The standard InChI is InChI=1S/C22H24F3NO3/c1-15(2)12-20(27)14-28-21-10-6-18(7-11-21)16(3)26-29-13-17-4-8-19(9-5-17)22(23,24)25/h4-11,15H,12-14H2,1-3H3. The molecule has 0 aliphatic carbocycles. The van der Waals surface area contributed by atoms with Crippen LogP contribution in [0, 0.1) is 5.92 Å². The van der Waals surface area contributed by atoms with Gasteiger partial charge in [-0.3, -0.25) is 4.79 Å². The number of halogens is 3. The predicted octanol–water partition coefficient (Wildman–Crippen LogP) is 5.64. The first kappa shape index (κ1) is 22.5. The molecule has 0 aliphatic rings. The van der Waals surface area contributed by atoms with E-state index < -0.39 is 11.7 Å². The number of benzene rings is 2. The normalized spacial score (nSPS) is 12.2. The number of hydrogen-bond donors (Lipinski definition) is 0. The van der Waals surface area contributed by atoms with E-state index in [1.165, 1.54) is 12.1 Å². The summed E-state index contributed by atoms with van der Waals surface area (Å²) < 4.78 is 43.1. The third-order valence-corrected chi connectivity index (χ3v) is 4.02. The van der Waals surface area contributed by atoms with E-state index >= 15 is 0 Å². The van der Waals surface area contributed by atoms with Gasteiger partial charge in [-0.2, -0.15) is 13.2 Å². The van der Waals surface area contributed by atoms with Crippen molar-refractivity contribution in [2.45, 2.75) is 40.0 Å². The second kappa shape index (κ2) is 10.1. The van der Waals surface area contributed by atoms with Crippen LogP contribution >= 0.6 is 0 Å². The van der Waals surface area contributed by atoms with Gasteiger partial charge in [-0.25, -0.2) is 0 Å². The van der Waals surface area contributed by atoms with Gasteiger partial charge >= 0.3 is 6.18 Å². The fraction of sp³-hybridized carbons (Fsp3) is 0.364. The van der Waals surface area contributed by atoms with Crippen molar-refractivity contribution in [2.24, 2.45) is 11.1 Å². The first-order valence-corrected chi connectivity index (χ1v) is 9.23. The van der Waals surface area contributed by atoms with Gasteiger partial charge in [-0.05, 0) is 60.4 Å². The lowest BCUT2D eigenvalue weighted by molar-refractivity contribution is -0.137. The van der Waals surface area contributed by atoms with E-state index in [0.717, 1.165) is 17.7 Å². The van der Waals surface area contributed by atoms with Gasteiger partial charge in [-0.1, -0.05) is 31.1 Å². The molecular weight excluding hydrogens is 383 g/mol. The number of Topliss-reactive ketones (excluding diaryl/α,β-unsaturated/α-hetero) is 1. The third-order valence-electron chi connectivity index (χ3n) is 4.02. The van der Waals surface area contributed by atoms with Crippen LogP contribution in [-0.2, 0) is 22.4 Å². The summed E-state index contributed by atoms with van der Waals surface area (Å²) in [5.74, 6) is 0.942. The van der Waals surface area contributed by atoms with Crippen LogP contribution < -0.4 is 4.74 Å². The zero-order valence-corrected chi connectivity index (χ0v) is 16.6. The lowest BCUT2D eigenvalue weighted by Crippen LogP contribution is -2.13. The minimum absolute atomic E-state index is 0.0425. The van der Waals surface area contributed by atoms with E-state index in [4.69, 9.17) is 9.57 Å². The molecule has 0 saturated carbocycles. The first-order chi connectivity index (χ1) is 13.6. The van der Waals surface area contributed by atoms with Crippen molar-refractivity contribution in [3.05, 3.63) is 65.2 Å². The zero-order valence-electron chi connectivity index (χ0n) is 16.6. The fourth-order valence-corrected chi connectivity index (χ4v) is 2.52. The van der Waals surface area contributed by atoms with Crippen molar-refractivity contribution in [3.8, 4) is 5.75 Å². The minimum atomic E-state index is -4.36. The Balaban J connectivity index is 1.85. The highest BCUT2D eigenvalue weighted by atomic mass is 19.4. The molecule has 0 spiro atoms. The molecule has 0 fully saturated rings. The number of oxime groups is 1. The van der Waals surface area contributed by atoms with Gasteiger partial charge in [-0.15, -0.1) is 0 Å². The summed E-state index contributed by atoms with van der Waals surface area (Å²) in [7, 11) is 0. The summed E-state index contributed by atoms with van der Waals surface area (Å²) in [6.07, 6.45) is -3.87. The highest BCUT2D eigenvalue weighted by molar-refractivity contribution is 5.98. The Kier molecular flexibility index (Phi) is 7.82. The van der Waals surface area contributed by atoms with Gasteiger partial charge in [0.1, 0.15) is 19.0 Å². The van der Waals surface area contributed by atoms with Crippen LogP contribution in [0.4, 0.5) is 13.2 Å². The average molecular weight is 407 g/mol. The number of alkyl halides is 3.